The first-order valence-electron chi connectivity index (χ1n) is 7.43. The molecule has 1 heterocycles. The van der Waals surface area contributed by atoms with Crippen molar-refractivity contribution in [3.8, 4) is 0 Å². The predicted molar refractivity (Wildman–Crippen MR) is 69.2 cm³/mol. The van der Waals surface area contributed by atoms with Crippen LogP contribution in [0.1, 0.15) is 38.5 Å². The fourth-order valence-electron chi connectivity index (χ4n) is 2.84. The Morgan fingerprint density at radius 2 is 1.95 bits per heavy atom. The second-order valence-electron chi connectivity index (χ2n) is 6.11. The first kappa shape index (κ1) is 12.9. The fourth-order valence-corrected chi connectivity index (χ4v) is 2.84. The summed E-state index contributed by atoms with van der Waals surface area (Å²) in [5.74, 6) is 0.602. The molecular formula is C14H22N2O3. The summed E-state index contributed by atoms with van der Waals surface area (Å²) in [6.45, 7) is 1.03. The van der Waals surface area contributed by atoms with Crippen molar-refractivity contribution in [3.05, 3.63) is 0 Å². The molecule has 2 aliphatic carbocycles. The molecule has 2 N–H and O–H groups in total. The fraction of sp³-hybridized carbons (Fsp3) is 0.857. The minimum atomic E-state index is -0.419. The Morgan fingerprint density at radius 3 is 2.58 bits per heavy atom. The van der Waals surface area contributed by atoms with Crippen molar-refractivity contribution in [3.63, 3.8) is 0 Å². The van der Waals surface area contributed by atoms with Crippen molar-refractivity contribution >= 4 is 11.8 Å². The van der Waals surface area contributed by atoms with Crippen LogP contribution in [0.25, 0.3) is 0 Å². The van der Waals surface area contributed by atoms with Crippen molar-refractivity contribution in [2.24, 2.45) is 11.8 Å². The molecule has 0 bridgehead atoms. The van der Waals surface area contributed by atoms with Crippen LogP contribution in [0.15, 0.2) is 0 Å². The second kappa shape index (κ2) is 5.12. The molecule has 1 aliphatic heterocycles. The van der Waals surface area contributed by atoms with E-state index in [9.17, 15) is 14.7 Å². The van der Waals surface area contributed by atoms with Crippen LogP contribution in [0.4, 0.5) is 0 Å². The molecule has 2 amide bonds. The average Bonchev–Trinajstić information content (AvgIpc) is 3.30. The highest BCUT2D eigenvalue weighted by Gasteiger charge is 2.41. The van der Waals surface area contributed by atoms with Gasteiger partial charge in [0, 0.05) is 19.0 Å². The monoisotopic (exact) mass is 266 g/mol. The normalized spacial score (nSPS) is 28.3. The quantitative estimate of drug-likeness (QED) is 0.750. The van der Waals surface area contributed by atoms with Crippen molar-refractivity contribution in [2.45, 2.75) is 50.7 Å². The summed E-state index contributed by atoms with van der Waals surface area (Å²) in [5.41, 5.74) is 0. The molecule has 5 nitrogen and oxygen atoms in total. The van der Waals surface area contributed by atoms with Gasteiger partial charge in [0.25, 0.3) is 0 Å². The van der Waals surface area contributed by atoms with E-state index in [2.05, 4.69) is 5.32 Å². The molecule has 2 atom stereocenters. The predicted octanol–water partition coefficient (Wildman–Crippen LogP) is 0.274. The molecule has 0 aromatic carbocycles. The van der Waals surface area contributed by atoms with E-state index in [0.717, 1.165) is 38.5 Å². The van der Waals surface area contributed by atoms with Gasteiger partial charge in [-0.1, -0.05) is 0 Å². The van der Waals surface area contributed by atoms with Gasteiger partial charge in [0.1, 0.15) is 6.04 Å². The molecule has 3 aliphatic rings. The second-order valence-corrected chi connectivity index (χ2v) is 6.11. The number of carbonyl (C=O) groups excluding carboxylic acids is 2. The number of rotatable bonds is 5. The summed E-state index contributed by atoms with van der Waals surface area (Å²) in [7, 11) is 0. The zero-order valence-electron chi connectivity index (χ0n) is 11.2. The van der Waals surface area contributed by atoms with Gasteiger partial charge in [-0.05, 0) is 44.4 Å². The lowest BCUT2D eigenvalue weighted by Gasteiger charge is -2.24. The Morgan fingerprint density at radius 1 is 1.21 bits per heavy atom. The molecule has 106 valence electrons. The van der Waals surface area contributed by atoms with Crippen LogP contribution >= 0.6 is 0 Å². The molecule has 3 fully saturated rings. The number of hydrogen-bond donors (Lipinski definition) is 2. The van der Waals surface area contributed by atoms with E-state index in [4.69, 9.17) is 0 Å². The zero-order valence-corrected chi connectivity index (χ0v) is 11.2. The van der Waals surface area contributed by atoms with Gasteiger partial charge in [-0.15, -0.1) is 0 Å². The van der Waals surface area contributed by atoms with Crippen LogP contribution < -0.4 is 5.32 Å². The first-order chi connectivity index (χ1) is 9.16. The van der Waals surface area contributed by atoms with Crippen molar-refractivity contribution in [1.82, 2.24) is 10.2 Å². The highest BCUT2D eigenvalue weighted by Crippen LogP contribution is 2.34. The van der Waals surface area contributed by atoms with Crippen molar-refractivity contribution in [1.29, 1.82) is 0 Å². The van der Waals surface area contributed by atoms with Crippen LogP contribution in [0, 0.1) is 11.8 Å². The van der Waals surface area contributed by atoms with Crippen LogP contribution in [-0.2, 0) is 9.59 Å². The third-order valence-corrected chi connectivity index (χ3v) is 4.42. The maximum atomic E-state index is 12.1. The summed E-state index contributed by atoms with van der Waals surface area (Å²) < 4.78 is 0. The molecule has 2 saturated carbocycles. The molecule has 5 heteroatoms. The van der Waals surface area contributed by atoms with E-state index < -0.39 is 6.10 Å². The Kier molecular flexibility index (Phi) is 3.48. The Labute approximate surface area is 113 Å². The third-order valence-electron chi connectivity index (χ3n) is 4.42. The molecule has 0 radical (unpaired) electrons. The number of hydrogen-bond acceptors (Lipinski definition) is 3. The van der Waals surface area contributed by atoms with Gasteiger partial charge in [0.2, 0.25) is 11.8 Å². The number of aliphatic hydroxyl groups is 1. The third kappa shape index (κ3) is 2.91. The average molecular weight is 266 g/mol. The lowest BCUT2D eigenvalue weighted by Crippen LogP contribution is -2.48. The summed E-state index contributed by atoms with van der Waals surface area (Å²) >= 11 is 0. The van der Waals surface area contributed by atoms with Gasteiger partial charge < -0.3 is 15.3 Å². The Hall–Kier alpha value is -1.10. The van der Waals surface area contributed by atoms with Crippen molar-refractivity contribution in [2.75, 3.05) is 13.1 Å². The number of likely N-dealkylation sites (tertiary alicyclic amines) is 1. The van der Waals surface area contributed by atoms with Gasteiger partial charge >= 0.3 is 0 Å². The van der Waals surface area contributed by atoms with Crippen LogP contribution in [0.5, 0.6) is 0 Å². The van der Waals surface area contributed by atoms with E-state index in [-0.39, 0.29) is 23.8 Å². The van der Waals surface area contributed by atoms with E-state index in [0.29, 0.717) is 19.0 Å². The van der Waals surface area contributed by atoms with E-state index in [1.807, 2.05) is 0 Å². The Balaban J connectivity index is 1.51. The molecule has 0 aromatic heterocycles. The molecule has 1 saturated heterocycles. The SMILES string of the molecule is O=C(NCC(O)C1CC1)C1CCCN1C(=O)C1CC1. The number of carbonyl (C=O) groups is 2. The first-order valence-corrected chi connectivity index (χ1v) is 7.43. The van der Waals surface area contributed by atoms with Gasteiger partial charge in [0.05, 0.1) is 6.10 Å². The maximum Gasteiger partial charge on any atom is 0.242 e. The number of amides is 2. The minimum Gasteiger partial charge on any atom is -0.391 e. The van der Waals surface area contributed by atoms with E-state index in [1.54, 1.807) is 4.90 Å². The largest absolute Gasteiger partial charge is 0.391 e. The number of nitrogens with zero attached hydrogens (tertiary/aromatic N) is 1. The summed E-state index contributed by atoms with van der Waals surface area (Å²) in [4.78, 5) is 26.0. The lowest BCUT2D eigenvalue weighted by atomic mass is 10.2. The van der Waals surface area contributed by atoms with Gasteiger partial charge in [-0.2, -0.15) is 0 Å². The van der Waals surface area contributed by atoms with Crippen LogP contribution in [0.3, 0.4) is 0 Å². The highest BCUT2D eigenvalue weighted by molar-refractivity contribution is 5.89. The smallest absolute Gasteiger partial charge is 0.242 e. The Bertz CT molecular complexity index is 377. The molecule has 0 aromatic rings. The topological polar surface area (TPSA) is 69.6 Å². The number of nitrogens with one attached hydrogen (secondary N) is 1. The molecule has 3 rings (SSSR count). The summed E-state index contributed by atoms with van der Waals surface area (Å²) in [5, 5.41) is 12.6. The summed E-state index contributed by atoms with van der Waals surface area (Å²) in [6, 6.07) is -0.306. The lowest BCUT2D eigenvalue weighted by molar-refractivity contribution is -0.139. The van der Waals surface area contributed by atoms with E-state index >= 15 is 0 Å². The maximum absolute atomic E-state index is 12.1. The standard InChI is InChI=1S/C14H22N2O3/c17-12(9-3-4-9)8-15-13(18)11-2-1-7-16(11)14(19)10-5-6-10/h9-12,17H,1-8H2,(H,15,18). The van der Waals surface area contributed by atoms with Crippen LogP contribution in [-0.4, -0.2) is 47.1 Å². The van der Waals surface area contributed by atoms with Crippen molar-refractivity contribution < 1.29 is 14.7 Å². The van der Waals surface area contributed by atoms with Gasteiger partial charge in [-0.3, -0.25) is 9.59 Å². The van der Waals surface area contributed by atoms with Gasteiger partial charge in [-0.25, -0.2) is 0 Å². The van der Waals surface area contributed by atoms with Gasteiger partial charge in [0.15, 0.2) is 0 Å². The number of aliphatic hydroxyl groups excluding tert-OH is 1. The van der Waals surface area contributed by atoms with Crippen LogP contribution in [0.2, 0.25) is 0 Å². The zero-order chi connectivity index (χ0) is 13.4. The minimum absolute atomic E-state index is 0.0915. The molecule has 0 spiro atoms. The summed E-state index contributed by atoms with van der Waals surface area (Å²) in [6.07, 6.45) is 5.32. The molecular weight excluding hydrogens is 244 g/mol. The highest BCUT2D eigenvalue weighted by atomic mass is 16.3. The van der Waals surface area contributed by atoms with E-state index in [1.165, 1.54) is 0 Å². The molecule has 19 heavy (non-hydrogen) atoms. The molecule has 2 unspecified atom stereocenters.